The normalized spacial score (nSPS) is 15.2. The number of ketones is 1. The molecule has 1 aliphatic heterocycles. The van der Waals surface area contributed by atoms with Crippen molar-refractivity contribution in [2.24, 2.45) is 9.98 Å². The van der Waals surface area contributed by atoms with Gasteiger partial charge in [-0.25, -0.2) is 4.79 Å². The van der Waals surface area contributed by atoms with Crippen LogP contribution < -0.4 is 10.7 Å². The first kappa shape index (κ1) is 9.98. The van der Waals surface area contributed by atoms with E-state index in [2.05, 4.69) is 9.98 Å². The maximum atomic E-state index is 11.5. The molecule has 2 amide bonds. The van der Waals surface area contributed by atoms with Crippen LogP contribution in [0.3, 0.4) is 0 Å². The van der Waals surface area contributed by atoms with E-state index in [0.29, 0.717) is 16.3 Å². The van der Waals surface area contributed by atoms with E-state index in [4.69, 9.17) is 11.6 Å². The molecule has 1 heterocycles. The summed E-state index contributed by atoms with van der Waals surface area (Å²) in [6.07, 6.45) is 0. The van der Waals surface area contributed by atoms with Crippen LogP contribution in [-0.2, 0) is 0 Å². The van der Waals surface area contributed by atoms with Gasteiger partial charge in [-0.1, -0.05) is 0 Å². The minimum atomic E-state index is -0.586. The molecule has 1 aliphatic rings. The number of halogens is 1. The number of rotatable bonds is 2. The maximum Gasteiger partial charge on any atom is 0.368 e. The molecule has 0 saturated heterocycles. The van der Waals surface area contributed by atoms with Crippen LogP contribution in [0.15, 0.2) is 28.2 Å². The van der Waals surface area contributed by atoms with E-state index in [-0.39, 0.29) is 5.78 Å². The molecule has 2 rings (SSSR count). The molecule has 1 unspecified atom stereocenters. The Morgan fingerprint density at radius 1 is 1.33 bits per heavy atom. The smallest absolute Gasteiger partial charge is 0.293 e. The van der Waals surface area contributed by atoms with E-state index >= 15 is 0 Å². The average Bonchev–Trinajstić information content (AvgIpc) is 2.55. The van der Waals surface area contributed by atoms with Crippen molar-refractivity contribution in [3.63, 3.8) is 0 Å². The minimum Gasteiger partial charge on any atom is -0.293 e. The van der Waals surface area contributed by atoms with Gasteiger partial charge in [0.05, 0.1) is 16.1 Å². The Bertz CT molecular complexity index is 563. The lowest BCUT2D eigenvalue weighted by molar-refractivity contribution is 0.0991. The van der Waals surface area contributed by atoms with Crippen molar-refractivity contribution in [3.8, 4) is 0 Å². The lowest BCUT2D eigenvalue weighted by Crippen LogP contribution is -2.24. The van der Waals surface area contributed by atoms with Gasteiger partial charge in [0.25, 0.3) is 0 Å². The number of alkyl halides is 1. The van der Waals surface area contributed by atoms with Crippen LogP contribution in [0.5, 0.6) is 0 Å². The highest BCUT2D eigenvalue weighted by Gasteiger charge is 2.13. The number of Topliss-reactive ketones (excluding diaryl/α,β-unsaturated/α-hetero) is 1. The predicted octanol–water partition coefficient (Wildman–Crippen LogP) is 0.869. The van der Waals surface area contributed by atoms with Gasteiger partial charge in [-0.15, -0.1) is 11.6 Å². The van der Waals surface area contributed by atoms with Gasteiger partial charge in [0.1, 0.15) is 0 Å². The van der Waals surface area contributed by atoms with Crippen molar-refractivity contribution < 1.29 is 9.59 Å². The monoisotopic (exact) mass is 222 g/mol. The first-order valence-electron chi connectivity index (χ1n) is 4.37. The van der Waals surface area contributed by atoms with E-state index in [1.165, 1.54) is 6.07 Å². The van der Waals surface area contributed by atoms with Crippen molar-refractivity contribution in [1.29, 1.82) is 0 Å². The summed E-state index contributed by atoms with van der Waals surface area (Å²) in [6.45, 7) is 1.60. The van der Waals surface area contributed by atoms with E-state index < -0.39 is 11.4 Å². The van der Waals surface area contributed by atoms with Gasteiger partial charge in [-0.05, 0) is 25.1 Å². The number of benzene rings is 1. The third-order valence-corrected chi connectivity index (χ3v) is 2.25. The number of hydrogen-bond acceptors (Lipinski definition) is 2. The molecule has 15 heavy (non-hydrogen) atoms. The fourth-order valence-electron chi connectivity index (χ4n) is 1.32. The second-order valence-corrected chi connectivity index (χ2v) is 3.84. The fraction of sp³-hybridized carbons (Fsp3) is 0.200. The number of carbonyl (C=O) groups is 2. The Hall–Kier alpha value is -1.55. The Labute approximate surface area is 90.3 Å². The number of fused-ring (bicyclic) bond motifs is 1. The molecule has 5 heteroatoms. The predicted molar refractivity (Wildman–Crippen MR) is 53.8 cm³/mol. The highest BCUT2D eigenvalue weighted by molar-refractivity contribution is 6.33. The SMILES string of the molecule is CC(Cl)C(=O)c1ccc2c(c1)=NC(=O)N=2. The van der Waals surface area contributed by atoms with Crippen LogP contribution in [0.1, 0.15) is 17.3 Å². The summed E-state index contributed by atoms with van der Waals surface area (Å²) < 4.78 is 0. The molecule has 0 N–H and O–H groups in total. The summed E-state index contributed by atoms with van der Waals surface area (Å²) in [6, 6.07) is 4.19. The third kappa shape index (κ3) is 1.80. The van der Waals surface area contributed by atoms with Gasteiger partial charge in [0.15, 0.2) is 5.78 Å². The van der Waals surface area contributed by atoms with E-state index in [9.17, 15) is 9.59 Å². The largest absolute Gasteiger partial charge is 0.368 e. The van der Waals surface area contributed by atoms with Gasteiger partial charge < -0.3 is 0 Å². The quantitative estimate of drug-likeness (QED) is 0.551. The van der Waals surface area contributed by atoms with Gasteiger partial charge in [0, 0.05) is 5.56 Å². The molecular weight excluding hydrogens is 216 g/mol. The fourth-order valence-corrected chi connectivity index (χ4v) is 1.45. The Morgan fingerprint density at radius 2 is 2.00 bits per heavy atom. The molecule has 0 spiro atoms. The van der Waals surface area contributed by atoms with Gasteiger partial charge in [0.2, 0.25) is 0 Å². The zero-order chi connectivity index (χ0) is 11.0. The zero-order valence-electron chi connectivity index (χ0n) is 7.90. The lowest BCUT2D eigenvalue weighted by atomic mass is 10.1. The Morgan fingerprint density at radius 3 is 2.67 bits per heavy atom. The van der Waals surface area contributed by atoms with Crippen molar-refractivity contribution >= 4 is 23.4 Å². The van der Waals surface area contributed by atoms with Crippen LogP contribution in [0.4, 0.5) is 4.79 Å². The molecular formula is C10H7ClN2O2. The number of urea groups is 1. The highest BCUT2D eigenvalue weighted by Crippen LogP contribution is 2.05. The topological polar surface area (TPSA) is 58.9 Å². The maximum absolute atomic E-state index is 11.5. The molecule has 0 fully saturated rings. The molecule has 1 aromatic carbocycles. The number of amides is 2. The van der Waals surface area contributed by atoms with Crippen molar-refractivity contribution in [3.05, 3.63) is 34.5 Å². The number of hydrogen-bond donors (Lipinski definition) is 0. The zero-order valence-corrected chi connectivity index (χ0v) is 8.65. The summed E-state index contributed by atoms with van der Waals surface area (Å²) in [4.78, 5) is 29.7. The van der Waals surface area contributed by atoms with Crippen molar-refractivity contribution in [2.75, 3.05) is 0 Å². The van der Waals surface area contributed by atoms with Crippen LogP contribution in [0.25, 0.3) is 0 Å². The number of carbonyl (C=O) groups excluding carboxylic acids is 2. The lowest BCUT2D eigenvalue weighted by Gasteiger charge is -2.00. The molecule has 0 aromatic heterocycles. The van der Waals surface area contributed by atoms with Crippen LogP contribution in [0.2, 0.25) is 0 Å². The van der Waals surface area contributed by atoms with Gasteiger partial charge >= 0.3 is 6.03 Å². The summed E-state index contributed by atoms with van der Waals surface area (Å²) in [5, 5.41) is 0.346. The van der Waals surface area contributed by atoms with Crippen LogP contribution >= 0.6 is 11.6 Å². The molecule has 0 saturated carbocycles. The summed E-state index contributed by atoms with van der Waals surface area (Å²) in [7, 11) is 0. The summed E-state index contributed by atoms with van der Waals surface area (Å²) >= 11 is 5.67. The van der Waals surface area contributed by atoms with E-state index in [1.54, 1.807) is 19.1 Å². The van der Waals surface area contributed by atoms with Gasteiger partial charge in [-0.3, -0.25) is 4.79 Å². The third-order valence-electron chi connectivity index (χ3n) is 2.05. The first-order valence-corrected chi connectivity index (χ1v) is 4.81. The van der Waals surface area contributed by atoms with Crippen molar-refractivity contribution in [2.45, 2.75) is 12.3 Å². The molecule has 1 atom stereocenters. The number of nitrogens with zero attached hydrogens (tertiary/aromatic N) is 2. The standard InChI is InChI=1S/C10H7ClN2O2/c1-5(11)9(14)6-2-3-7-8(4-6)13-10(15)12-7/h2-5H,1H3. The highest BCUT2D eigenvalue weighted by atomic mass is 35.5. The molecule has 4 nitrogen and oxygen atoms in total. The molecule has 0 aliphatic carbocycles. The average molecular weight is 223 g/mol. The Kier molecular flexibility index (Phi) is 2.36. The van der Waals surface area contributed by atoms with Gasteiger partial charge in [-0.2, -0.15) is 9.98 Å². The minimum absolute atomic E-state index is 0.186. The second kappa shape index (κ2) is 3.55. The van der Waals surface area contributed by atoms with E-state index in [1.807, 2.05) is 0 Å². The summed E-state index contributed by atoms with van der Waals surface area (Å²) in [5.74, 6) is -0.186. The Balaban J connectivity index is 2.54. The molecule has 76 valence electrons. The summed E-state index contributed by atoms with van der Waals surface area (Å²) in [5.41, 5.74) is 0.449. The second-order valence-electron chi connectivity index (χ2n) is 3.19. The van der Waals surface area contributed by atoms with Crippen LogP contribution in [0, 0.1) is 0 Å². The molecule has 0 radical (unpaired) electrons. The molecule has 0 bridgehead atoms. The van der Waals surface area contributed by atoms with E-state index in [0.717, 1.165) is 0 Å². The van der Waals surface area contributed by atoms with Crippen LogP contribution in [-0.4, -0.2) is 17.2 Å². The first-order chi connectivity index (χ1) is 7.08. The van der Waals surface area contributed by atoms with Crippen molar-refractivity contribution in [1.82, 2.24) is 0 Å². The molecule has 1 aromatic rings.